The first-order chi connectivity index (χ1) is 10.0. The van der Waals surface area contributed by atoms with Crippen molar-refractivity contribution in [2.45, 2.75) is 31.0 Å². The van der Waals surface area contributed by atoms with Crippen LogP contribution >= 0.6 is 27.7 Å². The SMILES string of the molecule is CCc1nc(C)c(C(=O)O)c(SCc2ccc(Br)cn2)n1. The van der Waals surface area contributed by atoms with Gasteiger partial charge in [-0.05, 0) is 35.0 Å². The second kappa shape index (κ2) is 7.00. The Balaban J connectivity index is 2.27. The third-order valence-corrected chi connectivity index (χ3v) is 4.26. The van der Waals surface area contributed by atoms with Crippen LogP contribution in [0.25, 0.3) is 0 Å². The van der Waals surface area contributed by atoms with Gasteiger partial charge < -0.3 is 5.11 Å². The average Bonchev–Trinajstić information content (AvgIpc) is 2.45. The number of carbonyl (C=O) groups is 1. The lowest BCUT2D eigenvalue weighted by Gasteiger charge is -2.09. The van der Waals surface area contributed by atoms with E-state index < -0.39 is 5.97 Å². The highest BCUT2D eigenvalue weighted by Gasteiger charge is 2.18. The van der Waals surface area contributed by atoms with Crippen LogP contribution in [0.5, 0.6) is 0 Å². The van der Waals surface area contributed by atoms with Gasteiger partial charge in [0, 0.05) is 22.8 Å². The Morgan fingerprint density at radius 3 is 2.71 bits per heavy atom. The van der Waals surface area contributed by atoms with Gasteiger partial charge in [-0.1, -0.05) is 18.7 Å². The van der Waals surface area contributed by atoms with Gasteiger partial charge in [0.25, 0.3) is 0 Å². The molecule has 2 rings (SSSR count). The molecule has 2 heterocycles. The van der Waals surface area contributed by atoms with Crippen molar-refractivity contribution in [2.24, 2.45) is 0 Å². The van der Waals surface area contributed by atoms with Gasteiger partial charge in [0.2, 0.25) is 0 Å². The number of carboxylic acids is 1. The fraction of sp³-hybridized carbons (Fsp3) is 0.286. The molecule has 0 aliphatic heterocycles. The van der Waals surface area contributed by atoms with Crippen LogP contribution in [0.15, 0.2) is 27.8 Å². The molecule has 0 bridgehead atoms. The number of hydrogen-bond donors (Lipinski definition) is 1. The lowest BCUT2D eigenvalue weighted by atomic mass is 10.2. The van der Waals surface area contributed by atoms with Crippen LogP contribution < -0.4 is 0 Å². The first kappa shape index (κ1) is 15.9. The average molecular weight is 368 g/mol. The number of halogens is 1. The van der Waals surface area contributed by atoms with Crippen molar-refractivity contribution >= 4 is 33.7 Å². The molecule has 0 radical (unpaired) electrons. The molecule has 0 saturated carbocycles. The molecule has 0 fully saturated rings. The Hall–Kier alpha value is -1.47. The molecule has 0 aliphatic rings. The van der Waals surface area contributed by atoms with Crippen LogP contribution in [-0.2, 0) is 12.2 Å². The molecule has 2 aromatic rings. The lowest BCUT2D eigenvalue weighted by Crippen LogP contribution is -2.09. The van der Waals surface area contributed by atoms with E-state index in [1.54, 1.807) is 13.1 Å². The van der Waals surface area contributed by atoms with Gasteiger partial charge in [-0.15, -0.1) is 0 Å². The van der Waals surface area contributed by atoms with Crippen LogP contribution in [0.1, 0.15) is 34.5 Å². The minimum absolute atomic E-state index is 0.175. The summed E-state index contributed by atoms with van der Waals surface area (Å²) in [6, 6.07) is 3.80. The second-order valence-electron chi connectivity index (χ2n) is 4.32. The fourth-order valence-corrected chi connectivity index (χ4v) is 2.98. The Morgan fingerprint density at radius 1 is 1.38 bits per heavy atom. The first-order valence-electron chi connectivity index (χ1n) is 6.35. The second-order valence-corrected chi connectivity index (χ2v) is 6.20. The predicted molar refractivity (Wildman–Crippen MR) is 84.6 cm³/mol. The highest BCUT2D eigenvalue weighted by Crippen LogP contribution is 2.26. The zero-order valence-electron chi connectivity index (χ0n) is 11.6. The summed E-state index contributed by atoms with van der Waals surface area (Å²) in [5.41, 5.74) is 1.55. The van der Waals surface area contributed by atoms with Crippen molar-refractivity contribution in [1.82, 2.24) is 15.0 Å². The van der Waals surface area contributed by atoms with E-state index in [2.05, 4.69) is 30.9 Å². The van der Waals surface area contributed by atoms with Crippen molar-refractivity contribution in [1.29, 1.82) is 0 Å². The van der Waals surface area contributed by atoms with Gasteiger partial charge in [0.05, 0.1) is 11.4 Å². The number of aromatic carboxylic acids is 1. The van der Waals surface area contributed by atoms with E-state index in [4.69, 9.17) is 0 Å². The van der Waals surface area contributed by atoms with E-state index in [9.17, 15) is 9.90 Å². The van der Waals surface area contributed by atoms with Crippen molar-refractivity contribution in [3.05, 3.63) is 45.6 Å². The van der Waals surface area contributed by atoms with E-state index in [-0.39, 0.29) is 5.56 Å². The van der Waals surface area contributed by atoms with Gasteiger partial charge in [0.15, 0.2) is 0 Å². The quantitative estimate of drug-likeness (QED) is 0.643. The summed E-state index contributed by atoms with van der Waals surface area (Å²) in [6.45, 7) is 3.65. The molecule has 0 aromatic carbocycles. The van der Waals surface area contributed by atoms with E-state index in [0.717, 1.165) is 10.2 Å². The molecule has 0 unspecified atom stereocenters. The van der Waals surface area contributed by atoms with Crippen LogP contribution in [0.2, 0.25) is 0 Å². The van der Waals surface area contributed by atoms with E-state index in [1.807, 2.05) is 19.1 Å². The third-order valence-electron chi connectivity index (χ3n) is 2.78. The molecule has 0 atom stereocenters. The maximum atomic E-state index is 11.4. The molecular formula is C14H14BrN3O2S. The topological polar surface area (TPSA) is 76.0 Å². The number of thioether (sulfide) groups is 1. The van der Waals surface area contributed by atoms with E-state index in [0.29, 0.717) is 28.7 Å². The zero-order chi connectivity index (χ0) is 15.4. The van der Waals surface area contributed by atoms with Crippen LogP contribution in [0.3, 0.4) is 0 Å². The molecule has 2 aromatic heterocycles. The minimum atomic E-state index is -0.999. The molecule has 5 nitrogen and oxygen atoms in total. The van der Waals surface area contributed by atoms with Gasteiger partial charge in [-0.25, -0.2) is 14.8 Å². The van der Waals surface area contributed by atoms with Crippen molar-refractivity contribution in [2.75, 3.05) is 0 Å². The number of aryl methyl sites for hydroxylation is 2. The number of nitrogens with zero attached hydrogens (tertiary/aromatic N) is 3. The number of pyridine rings is 1. The number of carboxylic acid groups (broad SMARTS) is 1. The molecule has 0 saturated heterocycles. The Morgan fingerprint density at radius 2 is 2.14 bits per heavy atom. The van der Waals surface area contributed by atoms with E-state index >= 15 is 0 Å². The first-order valence-corrected chi connectivity index (χ1v) is 8.13. The predicted octanol–water partition coefficient (Wildman–Crippen LogP) is 3.50. The molecule has 7 heteroatoms. The van der Waals surface area contributed by atoms with E-state index in [1.165, 1.54) is 11.8 Å². The zero-order valence-corrected chi connectivity index (χ0v) is 14.0. The molecule has 0 amide bonds. The summed E-state index contributed by atoms with van der Waals surface area (Å²) in [5, 5.41) is 9.83. The summed E-state index contributed by atoms with van der Waals surface area (Å²) in [5.74, 6) is 0.220. The normalized spacial score (nSPS) is 10.6. The Labute approximate surface area is 135 Å². The molecule has 110 valence electrons. The van der Waals surface area contributed by atoms with Crippen LogP contribution in [0.4, 0.5) is 0 Å². The summed E-state index contributed by atoms with van der Waals surface area (Å²) in [7, 11) is 0. The van der Waals surface area contributed by atoms with Gasteiger partial charge >= 0.3 is 5.97 Å². The number of rotatable bonds is 5. The van der Waals surface area contributed by atoms with Crippen LogP contribution in [0, 0.1) is 6.92 Å². The lowest BCUT2D eigenvalue weighted by molar-refractivity contribution is 0.0690. The molecule has 0 spiro atoms. The highest BCUT2D eigenvalue weighted by molar-refractivity contribution is 9.10. The Kier molecular flexibility index (Phi) is 5.30. The monoisotopic (exact) mass is 367 g/mol. The summed E-state index contributed by atoms with van der Waals surface area (Å²) < 4.78 is 0.911. The molecular weight excluding hydrogens is 354 g/mol. The Bertz CT molecular complexity index is 662. The van der Waals surface area contributed by atoms with Gasteiger partial charge in [0.1, 0.15) is 16.4 Å². The molecule has 1 N–H and O–H groups in total. The summed E-state index contributed by atoms with van der Waals surface area (Å²) in [6.07, 6.45) is 2.39. The molecule has 21 heavy (non-hydrogen) atoms. The number of aromatic nitrogens is 3. The standard InChI is InChI=1S/C14H14BrN3O2S/c1-3-11-17-8(2)12(14(19)20)13(18-11)21-7-10-5-4-9(15)6-16-10/h4-6H,3,7H2,1-2H3,(H,19,20). The maximum absolute atomic E-state index is 11.4. The highest BCUT2D eigenvalue weighted by atomic mass is 79.9. The van der Waals surface area contributed by atoms with Crippen LogP contribution in [-0.4, -0.2) is 26.0 Å². The van der Waals surface area contributed by atoms with Gasteiger partial charge in [-0.3, -0.25) is 4.98 Å². The summed E-state index contributed by atoms with van der Waals surface area (Å²) >= 11 is 4.70. The van der Waals surface area contributed by atoms with Crippen molar-refractivity contribution < 1.29 is 9.90 Å². The van der Waals surface area contributed by atoms with Crippen molar-refractivity contribution in [3.8, 4) is 0 Å². The maximum Gasteiger partial charge on any atom is 0.340 e. The smallest absolute Gasteiger partial charge is 0.340 e. The summed E-state index contributed by atoms with van der Waals surface area (Å²) in [4.78, 5) is 24.2. The third kappa shape index (κ3) is 4.01. The largest absolute Gasteiger partial charge is 0.478 e. The molecule has 0 aliphatic carbocycles. The van der Waals surface area contributed by atoms with Crippen molar-refractivity contribution in [3.63, 3.8) is 0 Å². The number of hydrogen-bond acceptors (Lipinski definition) is 5. The van der Waals surface area contributed by atoms with Gasteiger partial charge in [-0.2, -0.15) is 0 Å². The fourth-order valence-electron chi connectivity index (χ4n) is 1.75. The minimum Gasteiger partial charge on any atom is -0.478 e.